The van der Waals surface area contributed by atoms with E-state index in [2.05, 4.69) is 15.9 Å². The first-order valence-electron chi connectivity index (χ1n) is 5.10. The topological polar surface area (TPSA) is 44.5 Å². The molecule has 5 heteroatoms. The lowest BCUT2D eigenvalue weighted by Gasteiger charge is -2.13. The minimum Gasteiger partial charge on any atom is -0.454 e. The van der Waals surface area contributed by atoms with Crippen LogP contribution in [0.25, 0.3) is 0 Å². The van der Waals surface area contributed by atoms with Crippen molar-refractivity contribution < 1.29 is 9.47 Å². The van der Waals surface area contributed by atoms with Gasteiger partial charge in [-0.05, 0) is 36.5 Å². The fourth-order valence-electron chi connectivity index (χ4n) is 1.90. The van der Waals surface area contributed by atoms with Gasteiger partial charge in [-0.25, -0.2) is 0 Å². The molecule has 88 valence electrons. The van der Waals surface area contributed by atoms with Crippen LogP contribution in [-0.4, -0.2) is 6.79 Å². The summed E-state index contributed by atoms with van der Waals surface area (Å²) < 4.78 is 11.7. The van der Waals surface area contributed by atoms with Crippen molar-refractivity contribution in [3.05, 3.63) is 22.2 Å². The zero-order valence-electron chi connectivity index (χ0n) is 8.61. The van der Waals surface area contributed by atoms with Crippen LogP contribution in [0.3, 0.4) is 0 Å². The molecule has 1 atom stereocenters. The van der Waals surface area contributed by atoms with E-state index in [0.717, 1.165) is 21.5 Å². The van der Waals surface area contributed by atoms with E-state index in [1.54, 1.807) is 0 Å². The highest BCUT2D eigenvalue weighted by Gasteiger charge is 2.31. The van der Waals surface area contributed by atoms with Crippen molar-refractivity contribution in [2.45, 2.75) is 18.9 Å². The molecule has 0 aromatic heterocycles. The zero-order chi connectivity index (χ0) is 10.4. The SMILES string of the molecule is Cl.N[C@H](c1cc2c(cc1Br)OCO2)C1CC1. The normalized spacial score (nSPS) is 19.1. The molecule has 0 saturated heterocycles. The Balaban J connectivity index is 0.000000963. The minimum absolute atomic E-state index is 0. The standard InChI is InChI=1S/C11H12BrNO2.ClH/c12-8-4-10-9(14-5-15-10)3-7(8)11(13)6-1-2-6;/h3-4,6,11H,1-2,5,13H2;1H/t11-;/m0./s1. The number of rotatable bonds is 2. The van der Waals surface area contributed by atoms with Crippen molar-refractivity contribution in [2.75, 3.05) is 6.79 Å². The first-order valence-corrected chi connectivity index (χ1v) is 5.89. The monoisotopic (exact) mass is 305 g/mol. The summed E-state index contributed by atoms with van der Waals surface area (Å²) in [5.74, 6) is 2.25. The molecule has 1 aromatic rings. The van der Waals surface area contributed by atoms with E-state index in [1.807, 2.05) is 12.1 Å². The summed E-state index contributed by atoms with van der Waals surface area (Å²) in [4.78, 5) is 0. The molecule has 1 aliphatic heterocycles. The molecule has 0 spiro atoms. The van der Waals surface area contributed by atoms with E-state index in [9.17, 15) is 0 Å². The Morgan fingerprint density at radius 1 is 1.25 bits per heavy atom. The van der Waals surface area contributed by atoms with Crippen LogP contribution in [0.15, 0.2) is 16.6 Å². The number of hydrogen-bond donors (Lipinski definition) is 1. The van der Waals surface area contributed by atoms with Gasteiger partial charge < -0.3 is 15.2 Å². The van der Waals surface area contributed by atoms with Crippen LogP contribution in [0.2, 0.25) is 0 Å². The van der Waals surface area contributed by atoms with Gasteiger partial charge in [-0.15, -0.1) is 12.4 Å². The molecule has 1 fully saturated rings. The van der Waals surface area contributed by atoms with Gasteiger partial charge in [0, 0.05) is 10.5 Å². The number of ether oxygens (including phenoxy) is 2. The molecular weight excluding hydrogens is 293 g/mol. The highest BCUT2D eigenvalue weighted by Crippen LogP contribution is 2.45. The van der Waals surface area contributed by atoms with Gasteiger partial charge in [-0.2, -0.15) is 0 Å². The second kappa shape index (κ2) is 4.43. The van der Waals surface area contributed by atoms with Crippen molar-refractivity contribution in [1.29, 1.82) is 0 Å². The summed E-state index contributed by atoms with van der Waals surface area (Å²) in [6, 6.07) is 4.06. The summed E-state index contributed by atoms with van der Waals surface area (Å²) in [7, 11) is 0. The highest BCUT2D eigenvalue weighted by molar-refractivity contribution is 9.10. The van der Waals surface area contributed by atoms with Crippen LogP contribution in [0, 0.1) is 5.92 Å². The molecule has 1 aromatic carbocycles. The van der Waals surface area contributed by atoms with E-state index < -0.39 is 0 Å². The lowest BCUT2D eigenvalue weighted by atomic mass is 10.0. The summed E-state index contributed by atoms with van der Waals surface area (Å²) in [5, 5.41) is 0. The van der Waals surface area contributed by atoms with Crippen LogP contribution in [-0.2, 0) is 0 Å². The van der Waals surface area contributed by atoms with Gasteiger partial charge in [-0.3, -0.25) is 0 Å². The van der Waals surface area contributed by atoms with E-state index >= 15 is 0 Å². The largest absolute Gasteiger partial charge is 0.454 e. The maximum absolute atomic E-state index is 6.17. The van der Waals surface area contributed by atoms with E-state index in [-0.39, 0.29) is 18.4 Å². The molecule has 16 heavy (non-hydrogen) atoms. The predicted molar refractivity (Wildman–Crippen MR) is 67.2 cm³/mol. The molecule has 0 bridgehead atoms. The van der Waals surface area contributed by atoms with Gasteiger partial charge in [0.1, 0.15) is 0 Å². The second-order valence-electron chi connectivity index (χ2n) is 4.09. The molecular formula is C11H13BrClNO2. The average molecular weight is 307 g/mol. The van der Waals surface area contributed by atoms with Gasteiger partial charge in [0.2, 0.25) is 6.79 Å². The van der Waals surface area contributed by atoms with Crippen LogP contribution in [0.1, 0.15) is 24.4 Å². The Morgan fingerprint density at radius 3 is 2.50 bits per heavy atom. The van der Waals surface area contributed by atoms with Crippen LogP contribution < -0.4 is 15.2 Å². The maximum Gasteiger partial charge on any atom is 0.231 e. The minimum atomic E-state index is 0. The molecule has 2 N–H and O–H groups in total. The second-order valence-corrected chi connectivity index (χ2v) is 4.94. The van der Waals surface area contributed by atoms with Gasteiger partial charge in [0.05, 0.1) is 0 Å². The maximum atomic E-state index is 6.17. The Hall–Kier alpha value is -0.450. The molecule has 1 heterocycles. The third kappa shape index (κ3) is 2.01. The zero-order valence-corrected chi connectivity index (χ0v) is 11.0. The first kappa shape index (κ1) is 12.0. The molecule has 1 aliphatic carbocycles. The molecule has 0 radical (unpaired) electrons. The number of hydrogen-bond acceptors (Lipinski definition) is 3. The first-order chi connectivity index (χ1) is 7.25. The third-order valence-electron chi connectivity index (χ3n) is 2.98. The summed E-state index contributed by atoms with van der Waals surface area (Å²) in [6.07, 6.45) is 2.48. The Labute approximate surface area is 109 Å². The van der Waals surface area contributed by atoms with E-state index in [1.165, 1.54) is 12.8 Å². The average Bonchev–Trinajstić information content (AvgIpc) is 2.97. The smallest absolute Gasteiger partial charge is 0.231 e. The third-order valence-corrected chi connectivity index (χ3v) is 3.67. The van der Waals surface area contributed by atoms with E-state index in [0.29, 0.717) is 12.7 Å². The van der Waals surface area contributed by atoms with Crippen LogP contribution in [0.5, 0.6) is 11.5 Å². The Morgan fingerprint density at radius 2 is 1.88 bits per heavy atom. The molecule has 3 nitrogen and oxygen atoms in total. The van der Waals surface area contributed by atoms with Crippen molar-refractivity contribution >= 4 is 28.3 Å². The molecule has 1 saturated carbocycles. The fourth-order valence-corrected chi connectivity index (χ4v) is 2.48. The van der Waals surface area contributed by atoms with E-state index in [4.69, 9.17) is 15.2 Å². The van der Waals surface area contributed by atoms with Crippen LogP contribution in [0.4, 0.5) is 0 Å². The van der Waals surface area contributed by atoms with Crippen LogP contribution >= 0.6 is 28.3 Å². The molecule has 3 rings (SSSR count). The number of nitrogens with two attached hydrogens (primary N) is 1. The van der Waals surface area contributed by atoms with Gasteiger partial charge in [-0.1, -0.05) is 15.9 Å². The number of benzene rings is 1. The molecule has 0 unspecified atom stereocenters. The molecule has 0 amide bonds. The van der Waals surface area contributed by atoms with Gasteiger partial charge in [0.25, 0.3) is 0 Å². The summed E-state index contributed by atoms with van der Waals surface area (Å²) in [5.41, 5.74) is 7.30. The van der Waals surface area contributed by atoms with Gasteiger partial charge >= 0.3 is 0 Å². The quantitative estimate of drug-likeness (QED) is 0.913. The van der Waals surface area contributed by atoms with Crippen molar-refractivity contribution in [3.8, 4) is 11.5 Å². The van der Waals surface area contributed by atoms with Crippen molar-refractivity contribution in [3.63, 3.8) is 0 Å². The van der Waals surface area contributed by atoms with Crippen molar-refractivity contribution in [2.24, 2.45) is 11.7 Å². The Bertz CT molecular complexity index is 409. The number of halogens is 2. The number of fused-ring (bicyclic) bond motifs is 1. The molecule has 2 aliphatic rings. The van der Waals surface area contributed by atoms with Gasteiger partial charge in [0.15, 0.2) is 11.5 Å². The summed E-state index contributed by atoms with van der Waals surface area (Å²) >= 11 is 3.53. The lowest BCUT2D eigenvalue weighted by Crippen LogP contribution is -2.12. The highest BCUT2D eigenvalue weighted by atomic mass is 79.9. The van der Waals surface area contributed by atoms with Crippen molar-refractivity contribution in [1.82, 2.24) is 0 Å². The Kier molecular flexibility index (Phi) is 3.33. The predicted octanol–water partition coefficient (Wildman–Crippen LogP) is 3.01. The lowest BCUT2D eigenvalue weighted by molar-refractivity contribution is 0.174. The summed E-state index contributed by atoms with van der Waals surface area (Å²) in [6.45, 7) is 0.309. The fraction of sp³-hybridized carbons (Fsp3) is 0.455.